The first-order valence-electron chi connectivity index (χ1n) is 9.60. The molecule has 0 bridgehead atoms. The van der Waals surface area contributed by atoms with E-state index in [1.165, 1.54) is 30.3 Å². The summed E-state index contributed by atoms with van der Waals surface area (Å²) in [5, 5.41) is 19.5. The van der Waals surface area contributed by atoms with Crippen LogP contribution in [0.15, 0.2) is 36.4 Å². The Morgan fingerprint density at radius 1 is 1.21 bits per heavy atom. The minimum absolute atomic E-state index is 0.00849. The third-order valence-corrected chi connectivity index (χ3v) is 5.15. The molecule has 1 N–H and O–H groups in total. The molecular weight excluding hydrogens is 362 g/mol. The number of nitro benzene ring substituents is 1. The molecule has 7 heteroatoms. The van der Waals surface area contributed by atoms with Gasteiger partial charge in [0.05, 0.1) is 4.92 Å². The smallest absolute Gasteiger partial charge is 0.303 e. The summed E-state index contributed by atoms with van der Waals surface area (Å²) in [7, 11) is 0. The van der Waals surface area contributed by atoms with Crippen molar-refractivity contribution in [1.29, 1.82) is 0 Å². The number of carboxylic acids is 1. The van der Waals surface area contributed by atoms with Crippen molar-refractivity contribution in [2.24, 2.45) is 11.8 Å². The fraction of sp³-hybridized carbons (Fsp3) is 0.476. The molecule has 1 aliphatic rings. The average Bonchev–Trinajstić information content (AvgIpc) is 3.02. The molecule has 1 aliphatic carbocycles. The van der Waals surface area contributed by atoms with Gasteiger partial charge in [0.15, 0.2) is 5.78 Å². The molecule has 0 heterocycles. The van der Waals surface area contributed by atoms with E-state index in [0.717, 1.165) is 25.7 Å². The van der Waals surface area contributed by atoms with Crippen LogP contribution in [0.4, 0.5) is 5.69 Å². The Balaban J connectivity index is 1.88. The summed E-state index contributed by atoms with van der Waals surface area (Å²) in [6, 6.07) is 5.60. The van der Waals surface area contributed by atoms with E-state index < -0.39 is 10.9 Å². The molecule has 0 radical (unpaired) electrons. The number of carbonyl (C=O) groups excluding carboxylic acids is 2. The number of rotatable bonds is 11. The van der Waals surface area contributed by atoms with E-state index in [4.69, 9.17) is 5.11 Å². The van der Waals surface area contributed by atoms with E-state index in [1.807, 2.05) is 0 Å². The number of unbranched alkanes of at least 4 members (excludes halogenated alkanes) is 3. The van der Waals surface area contributed by atoms with Crippen LogP contribution in [0.2, 0.25) is 0 Å². The van der Waals surface area contributed by atoms with Gasteiger partial charge in [-0.2, -0.15) is 0 Å². The summed E-state index contributed by atoms with van der Waals surface area (Å²) in [5.74, 6) is -0.981. The summed E-state index contributed by atoms with van der Waals surface area (Å²) in [5.41, 5.74) is 0.126. The van der Waals surface area contributed by atoms with Gasteiger partial charge in [-0.25, -0.2) is 0 Å². The van der Waals surface area contributed by atoms with E-state index in [9.17, 15) is 24.5 Å². The lowest BCUT2D eigenvalue weighted by molar-refractivity contribution is -0.384. The maximum Gasteiger partial charge on any atom is 0.303 e. The summed E-state index contributed by atoms with van der Waals surface area (Å²) < 4.78 is 0. The molecule has 1 fully saturated rings. The third kappa shape index (κ3) is 6.40. The average molecular weight is 387 g/mol. The highest BCUT2D eigenvalue weighted by atomic mass is 16.6. The van der Waals surface area contributed by atoms with Gasteiger partial charge in [0.2, 0.25) is 0 Å². The molecule has 2 atom stereocenters. The molecule has 0 aromatic heterocycles. The molecule has 2 rings (SSSR count). The van der Waals surface area contributed by atoms with E-state index in [2.05, 4.69) is 0 Å². The number of allylic oxidation sites excluding steroid dienone is 2. The Hall–Kier alpha value is -2.83. The van der Waals surface area contributed by atoms with Gasteiger partial charge in [0.1, 0.15) is 5.78 Å². The predicted molar refractivity (Wildman–Crippen MR) is 103 cm³/mol. The lowest BCUT2D eigenvalue weighted by atomic mass is 9.89. The van der Waals surface area contributed by atoms with Gasteiger partial charge in [-0.3, -0.25) is 24.5 Å². The van der Waals surface area contributed by atoms with Gasteiger partial charge < -0.3 is 5.11 Å². The molecule has 1 saturated carbocycles. The molecule has 1 aromatic carbocycles. The second kappa shape index (κ2) is 10.5. The van der Waals surface area contributed by atoms with Crippen molar-refractivity contribution < 1.29 is 24.4 Å². The summed E-state index contributed by atoms with van der Waals surface area (Å²) in [4.78, 5) is 45.3. The van der Waals surface area contributed by atoms with Crippen LogP contribution in [0.5, 0.6) is 0 Å². The molecule has 150 valence electrons. The summed E-state index contributed by atoms with van der Waals surface area (Å²) >= 11 is 0. The van der Waals surface area contributed by atoms with Gasteiger partial charge in [-0.1, -0.05) is 37.5 Å². The van der Waals surface area contributed by atoms with E-state index >= 15 is 0 Å². The Morgan fingerprint density at radius 2 is 1.96 bits per heavy atom. The number of carbonyl (C=O) groups is 3. The maximum atomic E-state index is 12.3. The Bertz CT molecular complexity index is 770. The molecule has 0 amide bonds. The zero-order valence-electron chi connectivity index (χ0n) is 15.7. The third-order valence-electron chi connectivity index (χ3n) is 5.15. The van der Waals surface area contributed by atoms with E-state index in [0.29, 0.717) is 19.3 Å². The zero-order valence-corrected chi connectivity index (χ0v) is 15.7. The van der Waals surface area contributed by atoms with Crippen LogP contribution in [0, 0.1) is 22.0 Å². The van der Waals surface area contributed by atoms with Gasteiger partial charge in [-0.15, -0.1) is 0 Å². The first-order valence-corrected chi connectivity index (χ1v) is 9.60. The lowest BCUT2D eigenvalue weighted by Gasteiger charge is -2.14. The monoisotopic (exact) mass is 387 g/mol. The summed E-state index contributed by atoms with van der Waals surface area (Å²) in [6.45, 7) is 0. The summed E-state index contributed by atoms with van der Waals surface area (Å²) in [6.07, 6.45) is 8.54. The molecule has 28 heavy (non-hydrogen) atoms. The van der Waals surface area contributed by atoms with Crippen molar-refractivity contribution in [1.82, 2.24) is 0 Å². The first kappa shape index (κ1) is 21.5. The van der Waals surface area contributed by atoms with Crippen molar-refractivity contribution in [2.75, 3.05) is 0 Å². The van der Waals surface area contributed by atoms with Crippen LogP contribution < -0.4 is 0 Å². The number of aliphatic carboxylic acids is 1. The van der Waals surface area contributed by atoms with Crippen molar-refractivity contribution in [3.63, 3.8) is 0 Å². The van der Waals surface area contributed by atoms with Crippen LogP contribution in [0.3, 0.4) is 0 Å². The number of non-ortho nitro benzene ring substituents is 1. The highest BCUT2D eigenvalue weighted by Gasteiger charge is 2.32. The Labute approximate surface area is 163 Å². The molecular formula is C21H25NO6. The van der Waals surface area contributed by atoms with Crippen LogP contribution in [-0.2, 0) is 9.59 Å². The highest BCUT2D eigenvalue weighted by Crippen LogP contribution is 2.34. The van der Waals surface area contributed by atoms with Crippen molar-refractivity contribution in [3.8, 4) is 0 Å². The quantitative estimate of drug-likeness (QED) is 0.198. The second-order valence-electron chi connectivity index (χ2n) is 7.15. The molecule has 0 spiro atoms. The number of Topliss-reactive ketones (excluding diaryl/α,β-unsaturated/α-hetero) is 1. The minimum Gasteiger partial charge on any atom is -0.481 e. The number of nitro groups is 1. The number of benzene rings is 1. The normalized spacial score (nSPS) is 19.2. The maximum absolute atomic E-state index is 12.3. The number of ketones is 2. The minimum atomic E-state index is -0.787. The van der Waals surface area contributed by atoms with E-state index in [1.54, 1.807) is 6.08 Å². The second-order valence-corrected chi connectivity index (χ2v) is 7.15. The van der Waals surface area contributed by atoms with Crippen LogP contribution in [-0.4, -0.2) is 27.6 Å². The largest absolute Gasteiger partial charge is 0.481 e. The standard InChI is InChI=1S/C21H25NO6/c23-19(16-6-5-7-17(14-16)22(27)28)12-10-15-11-13-20(24)18(15)8-3-1-2-4-9-21(25)26/h5-7,10,12,14-15,18H,1-4,8-9,11,13H2,(H,25,26)/t15-,18+/m1/s1. The highest BCUT2D eigenvalue weighted by molar-refractivity contribution is 6.05. The fourth-order valence-corrected chi connectivity index (χ4v) is 3.61. The topological polar surface area (TPSA) is 115 Å². The van der Waals surface area contributed by atoms with Crippen molar-refractivity contribution in [2.45, 2.75) is 51.4 Å². The molecule has 0 unspecified atom stereocenters. The van der Waals surface area contributed by atoms with Gasteiger partial charge in [0, 0.05) is 36.5 Å². The van der Waals surface area contributed by atoms with Crippen LogP contribution in [0.25, 0.3) is 0 Å². The number of hydrogen-bond acceptors (Lipinski definition) is 5. The van der Waals surface area contributed by atoms with Gasteiger partial charge in [0.25, 0.3) is 5.69 Å². The van der Waals surface area contributed by atoms with Crippen molar-refractivity contribution >= 4 is 23.2 Å². The lowest BCUT2D eigenvalue weighted by Crippen LogP contribution is -2.13. The van der Waals surface area contributed by atoms with Gasteiger partial charge in [-0.05, 0) is 31.3 Å². The fourth-order valence-electron chi connectivity index (χ4n) is 3.61. The van der Waals surface area contributed by atoms with Gasteiger partial charge >= 0.3 is 5.97 Å². The zero-order chi connectivity index (χ0) is 20.5. The number of nitrogens with zero attached hydrogens (tertiary/aromatic N) is 1. The van der Waals surface area contributed by atoms with Crippen LogP contribution >= 0.6 is 0 Å². The number of hydrogen-bond donors (Lipinski definition) is 1. The molecule has 7 nitrogen and oxygen atoms in total. The van der Waals surface area contributed by atoms with E-state index in [-0.39, 0.29) is 41.1 Å². The Kier molecular flexibility index (Phi) is 8.04. The molecule has 0 aliphatic heterocycles. The molecule has 0 saturated heterocycles. The SMILES string of the molecule is O=C(O)CCCCCC[C@@H]1C(=O)CC[C@H]1C=CC(=O)c1cccc([N+](=O)[O-])c1. The Morgan fingerprint density at radius 3 is 2.68 bits per heavy atom. The predicted octanol–water partition coefficient (Wildman–Crippen LogP) is 4.35. The number of carboxylic acid groups (broad SMARTS) is 1. The molecule has 1 aromatic rings. The first-order chi connectivity index (χ1) is 13.4. The van der Waals surface area contributed by atoms with Crippen molar-refractivity contribution in [3.05, 3.63) is 52.1 Å². The van der Waals surface area contributed by atoms with Crippen LogP contribution in [0.1, 0.15) is 61.7 Å².